The molecule has 0 saturated carbocycles. The third-order valence-corrected chi connectivity index (χ3v) is 4.41. The van der Waals surface area contributed by atoms with Crippen LogP contribution in [0.3, 0.4) is 0 Å². The number of aryl methyl sites for hydroxylation is 1. The minimum absolute atomic E-state index is 0.101. The Balaban J connectivity index is 1.89. The lowest BCUT2D eigenvalue weighted by Crippen LogP contribution is -2.42. The molecule has 0 aliphatic carbocycles. The van der Waals surface area contributed by atoms with Gasteiger partial charge in [-0.25, -0.2) is 4.79 Å². The fourth-order valence-electron chi connectivity index (χ4n) is 3.09. The van der Waals surface area contributed by atoms with E-state index in [-0.39, 0.29) is 12.1 Å². The molecule has 0 bridgehead atoms. The van der Waals surface area contributed by atoms with E-state index in [2.05, 4.69) is 5.32 Å². The molecule has 2 amide bonds. The van der Waals surface area contributed by atoms with E-state index in [4.69, 9.17) is 0 Å². The number of amides is 2. The third-order valence-electron chi connectivity index (χ3n) is 4.41. The first-order valence-corrected chi connectivity index (χ1v) is 8.93. The highest BCUT2D eigenvalue weighted by Crippen LogP contribution is 2.23. The summed E-state index contributed by atoms with van der Waals surface area (Å²) in [6.07, 6.45) is 0. The average Bonchev–Trinajstić information content (AvgIpc) is 2.68. The van der Waals surface area contributed by atoms with E-state index >= 15 is 0 Å². The molecule has 0 fully saturated rings. The number of urea groups is 1. The maximum absolute atomic E-state index is 13.1. The van der Waals surface area contributed by atoms with Crippen molar-refractivity contribution >= 4 is 11.7 Å². The lowest BCUT2D eigenvalue weighted by molar-refractivity contribution is 0.244. The van der Waals surface area contributed by atoms with E-state index in [9.17, 15) is 4.79 Å². The molecule has 3 nitrogen and oxygen atoms in total. The highest BCUT2D eigenvalue weighted by molar-refractivity contribution is 5.92. The van der Waals surface area contributed by atoms with Crippen LogP contribution in [-0.4, -0.2) is 12.6 Å². The second-order valence-electron chi connectivity index (χ2n) is 6.29. The van der Waals surface area contributed by atoms with Gasteiger partial charge >= 0.3 is 6.03 Å². The molecular formula is C23H24N2O. The summed E-state index contributed by atoms with van der Waals surface area (Å²) in [4.78, 5) is 14.8. The number of nitrogens with one attached hydrogen (secondary N) is 1. The van der Waals surface area contributed by atoms with Gasteiger partial charge in [-0.15, -0.1) is 0 Å². The van der Waals surface area contributed by atoms with Gasteiger partial charge < -0.3 is 5.32 Å². The molecule has 0 saturated heterocycles. The van der Waals surface area contributed by atoms with E-state index < -0.39 is 0 Å². The molecule has 0 heterocycles. The van der Waals surface area contributed by atoms with Gasteiger partial charge in [0.2, 0.25) is 0 Å². The Morgan fingerprint density at radius 1 is 0.885 bits per heavy atom. The summed E-state index contributed by atoms with van der Waals surface area (Å²) in [5, 5.41) is 3.21. The molecule has 0 unspecified atom stereocenters. The lowest BCUT2D eigenvalue weighted by atomic mass is 9.99. The number of hydrogen-bond acceptors (Lipinski definition) is 1. The highest BCUT2D eigenvalue weighted by atomic mass is 16.2. The molecule has 0 aromatic heterocycles. The van der Waals surface area contributed by atoms with Crippen molar-refractivity contribution in [2.45, 2.75) is 19.9 Å². The summed E-state index contributed by atoms with van der Waals surface area (Å²) in [6.45, 7) is 4.62. The monoisotopic (exact) mass is 344 g/mol. The van der Waals surface area contributed by atoms with Crippen LogP contribution in [0.15, 0.2) is 84.9 Å². The second kappa shape index (κ2) is 8.34. The van der Waals surface area contributed by atoms with Crippen LogP contribution in [0.5, 0.6) is 0 Å². The molecule has 3 aromatic rings. The smallest absolute Gasteiger partial charge is 0.322 e. The Hall–Kier alpha value is -3.07. The third kappa shape index (κ3) is 4.12. The number of anilines is 1. The predicted octanol–water partition coefficient (Wildman–Crippen LogP) is 5.32. The number of carbonyl (C=O) groups excluding carboxylic acids is 1. The topological polar surface area (TPSA) is 32.3 Å². The number of carbonyl (C=O) groups is 1. The highest BCUT2D eigenvalue weighted by Gasteiger charge is 2.21. The largest absolute Gasteiger partial charge is 0.327 e. The lowest BCUT2D eigenvalue weighted by Gasteiger charge is -2.26. The van der Waals surface area contributed by atoms with Crippen LogP contribution in [0.25, 0.3) is 0 Å². The first kappa shape index (κ1) is 17.7. The van der Waals surface area contributed by atoms with Gasteiger partial charge in [-0.05, 0) is 42.7 Å². The molecule has 3 aromatic carbocycles. The van der Waals surface area contributed by atoms with Gasteiger partial charge in [0.05, 0.1) is 6.04 Å². The first-order valence-electron chi connectivity index (χ1n) is 8.93. The fourth-order valence-corrected chi connectivity index (χ4v) is 3.09. The van der Waals surface area contributed by atoms with Crippen molar-refractivity contribution in [3.63, 3.8) is 0 Å². The van der Waals surface area contributed by atoms with Crippen molar-refractivity contribution in [2.24, 2.45) is 0 Å². The molecule has 3 heteroatoms. The zero-order valence-electron chi connectivity index (χ0n) is 15.2. The Kier molecular flexibility index (Phi) is 5.69. The second-order valence-corrected chi connectivity index (χ2v) is 6.29. The van der Waals surface area contributed by atoms with Crippen molar-refractivity contribution in [2.75, 3.05) is 11.4 Å². The van der Waals surface area contributed by atoms with Crippen LogP contribution in [-0.2, 0) is 0 Å². The summed E-state index contributed by atoms with van der Waals surface area (Å²) in [5.41, 5.74) is 4.17. The van der Waals surface area contributed by atoms with Crippen molar-refractivity contribution in [3.05, 3.63) is 102 Å². The maximum Gasteiger partial charge on any atom is 0.322 e. The predicted molar refractivity (Wildman–Crippen MR) is 107 cm³/mol. The van der Waals surface area contributed by atoms with Crippen molar-refractivity contribution < 1.29 is 4.79 Å². The van der Waals surface area contributed by atoms with Crippen molar-refractivity contribution in [1.29, 1.82) is 0 Å². The van der Waals surface area contributed by atoms with Crippen LogP contribution in [0, 0.1) is 6.92 Å². The molecule has 0 radical (unpaired) electrons. The number of benzene rings is 3. The standard InChI is InChI=1S/C23H24N2O/c1-3-25(21-16-10-11-18(2)17-21)23(26)24-22(19-12-6-4-7-13-19)20-14-8-5-9-15-20/h4-17,22H,3H2,1-2H3,(H,24,26). The molecule has 0 aliphatic rings. The fraction of sp³-hybridized carbons (Fsp3) is 0.174. The summed E-state index contributed by atoms with van der Waals surface area (Å²) >= 11 is 0. The van der Waals surface area contributed by atoms with Gasteiger partial charge in [0.1, 0.15) is 0 Å². The van der Waals surface area contributed by atoms with E-state index in [1.54, 1.807) is 4.90 Å². The number of nitrogens with zero attached hydrogens (tertiary/aromatic N) is 1. The average molecular weight is 344 g/mol. The maximum atomic E-state index is 13.1. The Morgan fingerprint density at radius 3 is 1.96 bits per heavy atom. The molecule has 132 valence electrons. The molecule has 26 heavy (non-hydrogen) atoms. The number of rotatable bonds is 5. The SMILES string of the molecule is CCN(C(=O)NC(c1ccccc1)c1ccccc1)c1cccc(C)c1. The summed E-state index contributed by atoms with van der Waals surface area (Å²) < 4.78 is 0. The van der Waals surface area contributed by atoms with Gasteiger partial charge in [-0.1, -0.05) is 72.8 Å². The van der Waals surface area contributed by atoms with Crippen LogP contribution >= 0.6 is 0 Å². The summed E-state index contributed by atoms with van der Waals surface area (Å²) in [7, 11) is 0. The molecule has 1 N–H and O–H groups in total. The van der Waals surface area contributed by atoms with Crippen LogP contribution in [0.1, 0.15) is 29.7 Å². The van der Waals surface area contributed by atoms with Gasteiger partial charge in [0.25, 0.3) is 0 Å². The summed E-state index contributed by atoms with van der Waals surface area (Å²) in [6, 6.07) is 27.8. The Bertz CT molecular complexity index is 807. The van der Waals surface area contributed by atoms with Gasteiger partial charge in [-0.3, -0.25) is 4.90 Å². The van der Waals surface area contributed by atoms with Crippen molar-refractivity contribution in [1.82, 2.24) is 5.32 Å². The van der Waals surface area contributed by atoms with Gasteiger partial charge in [0, 0.05) is 12.2 Å². The van der Waals surface area contributed by atoms with Gasteiger partial charge in [-0.2, -0.15) is 0 Å². The Labute approximate surface area is 155 Å². The van der Waals surface area contributed by atoms with E-state index in [0.29, 0.717) is 6.54 Å². The molecule has 0 spiro atoms. The molecule has 3 rings (SSSR count). The zero-order valence-corrected chi connectivity index (χ0v) is 15.2. The Morgan fingerprint density at radius 2 is 1.46 bits per heavy atom. The molecular weight excluding hydrogens is 320 g/mol. The van der Waals surface area contributed by atoms with E-state index in [1.165, 1.54) is 0 Å². The molecule has 0 atom stereocenters. The quantitative estimate of drug-likeness (QED) is 0.667. The minimum atomic E-state index is -0.191. The summed E-state index contributed by atoms with van der Waals surface area (Å²) in [5.74, 6) is 0. The first-order chi connectivity index (χ1) is 12.7. The van der Waals surface area contributed by atoms with Crippen LogP contribution in [0.4, 0.5) is 10.5 Å². The molecule has 0 aliphatic heterocycles. The number of hydrogen-bond donors (Lipinski definition) is 1. The van der Waals surface area contributed by atoms with Crippen LogP contribution in [0.2, 0.25) is 0 Å². The van der Waals surface area contributed by atoms with Crippen LogP contribution < -0.4 is 10.2 Å². The normalized spacial score (nSPS) is 10.6. The van der Waals surface area contributed by atoms with E-state index in [1.807, 2.05) is 98.8 Å². The van der Waals surface area contributed by atoms with E-state index in [0.717, 1.165) is 22.4 Å². The van der Waals surface area contributed by atoms with Crippen molar-refractivity contribution in [3.8, 4) is 0 Å². The minimum Gasteiger partial charge on any atom is -0.327 e. The van der Waals surface area contributed by atoms with Gasteiger partial charge in [0.15, 0.2) is 0 Å². The zero-order chi connectivity index (χ0) is 18.4.